The summed E-state index contributed by atoms with van der Waals surface area (Å²) in [4.78, 5) is 21.2. The van der Waals surface area contributed by atoms with E-state index in [1.165, 1.54) is 11.3 Å². The summed E-state index contributed by atoms with van der Waals surface area (Å²) in [5, 5.41) is 2.00. The molecule has 0 aliphatic carbocycles. The molecule has 0 atom stereocenters. The lowest BCUT2D eigenvalue weighted by Crippen LogP contribution is -2.29. The standard InChI is InChI=1S/C22H20N2O2S/c1-3-24(14-15-7-5-4-6-8-15)22(25)20-13-17-11-16-12-18(26-2)9-10-19(16)23-21(17)27-20/h4-13H,3,14H2,1-2H3. The molecule has 1 amide bonds. The largest absolute Gasteiger partial charge is 0.497 e. The lowest BCUT2D eigenvalue weighted by atomic mass is 10.1. The Morgan fingerprint density at radius 2 is 1.89 bits per heavy atom. The van der Waals surface area contributed by atoms with Gasteiger partial charge in [0, 0.05) is 23.9 Å². The minimum absolute atomic E-state index is 0.0472. The SMILES string of the molecule is CCN(Cc1ccccc1)C(=O)c1cc2cc3cc(OC)ccc3nc2s1. The first-order chi connectivity index (χ1) is 13.2. The Hall–Kier alpha value is -2.92. The zero-order valence-electron chi connectivity index (χ0n) is 15.3. The molecule has 4 nitrogen and oxygen atoms in total. The predicted molar refractivity (Wildman–Crippen MR) is 111 cm³/mol. The first-order valence-electron chi connectivity index (χ1n) is 8.89. The van der Waals surface area contributed by atoms with Crippen molar-refractivity contribution in [2.45, 2.75) is 13.5 Å². The molecule has 0 spiro atoms. The lowest BCUT2D eigenvalue weighted by molar-refractivity contribution is 0.0757. The van der Waals surface area contributed by atoms with E-state index in [0.717, 1.165) is 37.3 Å². The van der Waals surface area contributed by atoms with Crippen LogP contribution in [0.1, 0.15) is 22.2 Å². The minimum Gasteiger partial charge on any atom is -0.497 e. The van der Waals surface area contributed by atoms with Crippen molar-refractivity contribution in [3.8, 4) is 5.75 Å². The van der Waals surface area contributed by atoms with Gasteiger partial charge in [-0.3, -0.25) is 4.79 Å². The molecule has 5 heteroatoms. The van der Waals surface area contributed by atoms with Crippen LogP contribution in [0.5, 0.6) is 5.75 Å². The molecule has 0 bridgehead atoms. The maximum Gasteiger partial charge on any atom is 0.264 e. The number of thiophene rings is 1. The monoisotopic (exact) mass is 376 g/mol. The highest BCUT2D eigenvalue weighted by molar-refractivity contribution is 7.20. The Bertz CT molecular complexity index is 1110. The van der Waals surface area contributed by atoms with Gasteiger partial charge >= 0.3 is 0 Å². The fraction of sp³-hybridized carbons (Fsp3) is 0.182. The number of benzene rings is 2. The highest BCUT2D eigenvalue weighted by atomic mass is 32.1. The predicted octanol–water partition coefficient (Wildman–Crippen LogP) is 5.12. The first kappa shape index (κ1) is 17.5. The van der Waals surface area contributed by atoms with Gasteiger partial charge in [0.25, 0.3) is 5.91 Å². The molecule has 136 valence electrons. The Kier molecular flexibility index (Phi) is 4.77. The van der Waals surface area contributed by atoms with Gasteiger partial charge in [-0.25, -0.2) is 4.98 Å². The molecule has 27 heavy (non-hydrogen) atoms. The molecule has 2 aromatic carbocycles. The van der Waals surface area contributed by atoms with Crippen molar-refractivity contribution in [3.63, 3.8) is 0 Å². The number of rotatable bonds is 5. The number of carbonyl (C=O) groups is 1. The number of carbonyl (C=O) groups excluding carboxylic acids is 1. The van der Waals surface area contributed by atoms with Gasteiger partial charge in [0.1, 0.15) is 10.6 Å². The normalized spacial score (nSPS) is 11.0. The summed E-state index contributed by atoms with van der Waals surface area (Å²) in [6.07, 6.45) is 0. The first-order valence-corrected chi connectivity index (χ1v) is 9.71. The van der Waals surface area contributed by atoms with Crippen LogP contribution in [0.4, 0.5) is 0 Å². The Balaban J connectivity index is 1.67. The topological polar surface area (TPSA) is 42.4 Å². The van der Waals surface area contributed by atoms with Crippen molar-refractivity contribution in [3.05, 3.63) is 71.1 Å². The second-order valence-electron chi connectivity index (χ2n) is 6.36. The number of nitrogens with zero attached hydrogens (tertiary/aromatic N) is 2. The summed E-state index contributed by atoms with van der Waals surface area (Å²) in [5.74, 6) is 0.848. The van der Waals surface area contributed by atoms with E-state index in [-0.39, 0.29) is 5.91 Å². The third-order valence-corrected chi connectivity index (χ3v) is 5.64. The maximum atomic E-state index is 13.0. The smallest absolute Gasteiger partial charge is 0.264 e. The summed E-state index contributed by atoms with van der Waals surface area (Å²) in [6.45, 7) is 3.28. The number of ether oxygens (including phenoxy) is 1. The molecule has 2 heterocycles. The summed E-state index contributed by atoms with van der Waals surface area (Å²) >= 11 is 1.45. The summed E-state index contributed by atoms with van der Waals surface area (Å²) in [6, 6.07) is 19.9. The maximum absolute atomic E-state index is 13.0. The van der Waals surface area contributed by atoms with Crippen molar-refractivity contribution in [2.75, 3.05) is 13.7 Å². The second-order valence-corrected chi connectivity index (χ2v) is 7.39. The average Bonchev–Trinajstić information content (AvgIpc) is 3.12. The molecule has 4 aromatic rings. The van der Waals surface area contributed by atoms with Gasteiger partial charge in [0.2, 0.25) is 0 Å². The Morgan fingerprint density at radius 3 is 2.63 bits per heavy atom. The molecule has 0 N–H and O–H groups in total. The van der Waals surface area contributed by atoms with E-state index in [0.29, 0.717) is 13.1 Å². The Labute approximate surface area is 162 Å². The number of aromatic nitrogens is 1. The van der Waals surface area contributed by atoms with E-state index in [1.54, 1.807) is 7.11 Å². The molecule has 0 aliphatic heterocycles. The molecule has 0 fully saturated rings. The molecule has 2 aromatic heterocycles. The van der Waals surface area contributed by atoms with Crippen LogP contribution < -0.4 is 4.74 Å². The fourth-order valence-corrected chi connectivity index (χ4v) is 4.12. The van der Waals surface area contributed by atoms with Gasteiger partial charge in [-0.05, 0) is 42.8 Å². The Morgan fingerprint density at radius 1 is 1.07 bits per heavy atom. The van der Waals surface area contributed by atoms with Crippen LogP contribution in [-0.4, -0.2) is 29.4 Å². The van der Waals surface area contributed by atoms with Crippen molar-refractivity contribution < 1.29 is 9.53 Å². The van der Waals surface area contributed by atoms with E-state index < -0.39 is 0 Å². The van der Waals surface area contributed by atoms with Crippen LogP contribution in [-0.2, 0) is 6.54 Å². The molecule has 0 radical (unpaired) electrons. The van der Waals surface area contributed by atoms with Crippen LogP contribution in [0, 0.1) is 0 Å². The molecular formula is C22H20N2O2S. The second kappa shape index (κ2) is 7.37. The number of hydrogen-bond donors (Lipinski definition) is 0. The molecule has 0 aliphatic rings. The molecule has 0 unspecified atom stereocenters. The third kappa shape index (κ3) is 3.51. The highest BCUT2D eigenvalue weighted by Crippen LogP contribution is 2.30. The average molecular weight is 376 g/mol. The lowest BCUT2D eigenvalue weighted by Gasteiger charge is -2.20. The van der Waals surface area contributed by atoms with Crippen LogP contribution in [0.25, 0.3) is 21.1 Å². The van der Waals surface area contributed by atoms with Crippen LogP contribution in [0.2, 0.25) is 0 Å². The number of amides is 1. The number of pyridine rings is 1. The minimum atomic E-state index is 0.0472. The van der Waals surface area contributed by atoms with E-state index in [9.17, 15) is 4.79 Å². The van der Waals surface area contributed by atoms with Gasteiger partial charge in [-0.15, -0.1) is 11.3 Å². The van der Waals surface area contributed by atoms with Gasteiger partial charge in [0.05, 0.1) is 17.5 Å². The third-order valence-electron chi connectivity index (χ3n) is 4.60. The zero-order valence-corrected chi connectivity index (χ0v) is 16.1. The van der Waals surface area contributed by atoms with E-state index in [2.05, 4.69) is 6.07 Å². The van der Waals surface area contributed by atoms with Crippen LogP contribution >= 0.6 is 11.3 Å². The van der Waals surface area contributed by atoms with Crippen LogP contribution in [0.3, 0.4) is 0 Å². The molecule has 0 saturated heterocycles. The summed E-state index contributed by atoms with van der Waals surface area (Å²) < 4.78 is 5.29. The van der Waals surface area contributed by atoms with E-state index in [4.69, 9.17) is 9.72 Å². The number of methoxy groups -OCH3 is 1. The highest BCUT2D eigenvalue weighted by Gasteiger charge is 2.18. The summed E-state index contributed by atoms with van der Waals surface area (Å²) in [5.41, 5.74) is 2.03. The fourth-order valence-electron chi connectivity index (χ4n) is 3.13. The van der Waals surface area contributed by atoms with Crippen molar-refractivity contribution in [1.29, 1.82) is 0 Å². The molecular weight excluding hydrogens is 356 g/mol. The van der Waals surface area contributed by atoms with Gasteiger partial charge < -0.3 is 9.64 Å². The van der Waals surface area contributed by atoms with Crippen LogP contribution in [0.15, 0.2) is 60.7 Å². The van der Waals surface area contributed by atoms with Gasteiger partial charge in [-0.2, -0.15) is 0 Å². The van der Waals surface area contributed by atoms with E-state index >= 15 is 0 Å². The molecule has 0 saturated carbocycles. The molecule has 4 rings (SSSR count). The number of hydrogen-bond acceptors (Lipinski definition) is 4. The van der Waals surface area contributed by atoms with Crippen molar-refractivity contribution in [1.82, 2.24) is 9.88 Å². The zero-order chi connectivity index (χ0) is 18.8. The van der Waals surface area contributed by atoms with Gasteiger partial charge in [-0.1, -0.05) is 30.3 Å². The van der Waals surface area contributed by atoms with Crippen molar-refractivity contribution >= 4 is 38.4 Å². The van der Waals surface area contributed by atoms with E-state index in [1.807, 2.05) is 66.4 Å². The van der Waals surface area contributed by atoms with Gasteiger partial charge in [0.15, 0.2) is 0 Å². The summed E-state index contributed by atoms with van der Waals surface area (Å²) in [7, 11) is 1.65. The van der Waals surface area contributed by atoms with Crippen molar-refractivity contribution in [2.24, 2.45) is 0 Å². The number of fused-ring (bicyclic) bond motifs is 2. The quantitative estimate of drug-likeness (QED) is 0.485.